The molecular formula is C11H13FN2O4. The molecule has 0 saturated heterocycles. The number of nitrogens with two attached hydrogens (primary N) is 1. The molecule has 1 rings (SSSR count). The number of amides is 1. The Labute approximate surface area is 102 Å². The summed E-state index contributed by atoms with van der Waals surface area (Å²) < 4.78 is 13.4. The van der Waals surface area contributed by atoms with Gasteiger partial charge in [0.15, 0.2) is 0 Å². The predicted molar refractivity (Wildman–Crippen MR) is 61.4 cm³/mol. The molecule has 6 nitrogen and oxygen atoms in total. The monoisotopic (exact) mass is 256 g/mol. The van der Waals surface area contributed by atoms with Crippen LogP contribution in [0.25, 0.3) is 0 Å². The third-order valence-corrected chi connectivity index (χ3v) is 2.26. The van der Waals surface area contributed by atoms with Crippen molar-refractivity contribution in [2.75, 3.05) is 12.3 Å². The molecular weight excluding hydrogens is 243 g/mol. The molecule has 5 N–H and O–H groups in total. The first-order chi connectivity index (χ1) is 8.45. The van der Waals surface area contributed by atoms with Crippen LogP contribution in [-0.4, -0.2) is 34.7 Å². The Morgan fingerprint density at radius 2 is 2.11 bits per heavy atom. The van der Waals surface area contributed by atoms with Crippen LogP contribution >= 0.6 is 0 Å². The Kier molecular flexibility index (Phi) is 4.61. The van der Waals surface area contributed by atoms with Crippen molar-refractivity contribution in [3.63, 3.8) is 0 Å². The molecule has 98 valence electrons. The molecule has 0 aliphatic carbocycles. The van der Waals surface area contributed by atoms with Crippen LogP contribution in [0.5, 0.6) is 0 Å². The molecule has 0 unspecified atom stereocenters. The molecule has 18 heavy (non-hydrogen) atoms. The van der Waals surface area contributed by atoms with Gasteiger partial charge in [0.2, 0.25) is 0 Å². The zero-order valence-corrected chi connectivity index (χ0v) is 9.39. The highest BCUT2D eigenvalue weighted by atomic mass is 19.1. The third kappa shape index (κ3) is 3.42. The summed E-state index contributed by atoms with van der Waals surface area (Å²) in [6, 6.07) is 2.20. The van der Waals surface area contributed by atoms with Gasteiger partial charge in [0.1, 0.15) is 11.9 Å². The van der Waals surface area contributed by atoms with E-state index in [-0.39, 0.29) is 17.7 Å². The predicted octanol–water partition coefficient (Wildman–Crippen LogP) is -0.0267. The molecule has 1 atom stereocenters. The molecule has 0 aliphatic heterocycles. The number of carboxylic acid groups (broad SMARTS) is 1. The minimum atomic E-state index is -1.30. The van der Waals surface area contributed by atoms with Crippen LogP contribution in [-0.2, 0) is 4.79 Å². The van der Waals surface area contributed by atoms with E-state index in [0.29, 0.717) is 0 Å². The Bertz CT molecular complexity index is 464. The number of nitrogens with one attached hydrogen (secondary N) is 1. The van der Waals surface area contributed by atoms with Gasteiger partial charge < -0.3 is 21.3 Å². The number of carboxylic acids is 1. The number of benzene rings is 1. The lowest BCUT2D eigenvalue weighted by atomic mass is 10.1. The first-order valence-electron chi connectivity index (χ1n) is 5.15. The van der Waals surface area contributed by atoms with Gasteiger partial charge in [-0.05, 0) is 18.2 Å². The summed E-state index contributed by atoms with van der Waals surface area (Å²) in [6.45, 7) is -0.401. The highest BCUT2D eigenvalue weighted by Crippen LogP contribution is 2.12. The van der Waals surface area contributed by atoms with Crippen molar-refractivity contribution in [1.82, 2.24) is 5.32 Å². The molecule has 0 aliphatic rings. The largest absolute Gasteiger partial charge is 0.480 e. The summed E-state index contributed by atoms with van der Waals surface area (Å²) in [5.74, 6) is -3.00. The van der Waals surface area contributed by atoms with Gasteiger partial charge in [-0.2, -0.15) is 0 Å². The number of nitrogen functional groups attached to an aromatic ring is 1. The lowest BCUT2D eigenvalue weighted by molar-refractivity contribution is -0.139. The van der Waals surface area contributed by atoms with Crippen LogP contribution in [0.15, 0.2) is 18.2 Å². The Morgan fingerprint density at radius 1 is 1.44 bits per heavy atom. The standard InChI is InChI=1S/C11H13FN2O4/c12-8-5-6(13)1-2-7(8)10(16)14-9(3-4-15)11(17)18/h1-2,5,9,15H,3-4,13H2,(H,14,16)(H,17,18)/t9-/m1/s1. The SMILES string of the molecule is Nc1ccc(C(=O)N[C@H](CCO)C(=O)O)c(F)c1. The average molecular weight is 256 g/mol. The molecule has 1 aromatic carbocycles. The normalized spacial score (nSPS) is 11.9. The van der Waals surface area contributed by atoms with Gasteiger partial charge in [0, 0.05) is 18.7 Å². The molecule has 0 aromatic heterocycles. The first-order valence-corrected chi connectivity index (χ1v) is 5.15. The molecule has 0 saturated carbocycles. The Morgan fingerprint density at radius 3 is 2.61 bits per heavy atom. The van der Waals surface area contributed by atoms with E-state index < -0.39 is 30.3 Å². The fraction of sp³-hybridized carbons (Fsp3) is 0.273. The number of anilines is 1. The molecule has 1 amide bonds. The zero-order valence-electron chi connectivity index (χ0n) is 9.39. The number of hydrogen-bond donors (Lipinski definition) is 4. The fourth-order valence-corrected chi connectivity index (χ4v) is 1.34. The van der Waals surface area contributed by atoms with E-state index in [9.17, 15) is 14.0 Å². The van der Waals surface area contributed by atoms with Gasteiger partial charge in [-0.15, -0.1) is 0 Å². The second-order valence-electron chi connectivity index (χ2n) is 3.62. The highest BCUT2D eigenvalue weighted by Gasteiger charge is 2.21. The van der Waals surface area contributed by atoms with E-state index in [2.05, 4.69) is 5.32 Å². The average Bonchev–Trinajstić information content (AvgIpc) is 2.27. The summed E-state index contributed by atoms with van der Waals surface area (Å²) >= 11 is 0. The number of halogens is 1. The second-order valence-corrected chi connectivity index (χ2v) is 3.62. The number of aliphatic hydroxyl groups excluding tert-OH is 1. The van der Waals surface area contributed by atoms with Crippen LogP contribution in [0, 0.1) is 5.82 Å². The Balaban J connectivity index is 2.83. The smallest absolute Gasteiger partial charge is 0.326 e. The lowest BCUT2D eigenvalue weighted by Crippen LogP contribution is -2.41. The van der Waals surface area contributed by atoms with E-state index in [1.807, 2.05) is 0 Å². The van der Waals surface area contributed by atoms with E-state index in [1.54, 1.807) is 0 Å². The summed E-state index contributed by atoms with van der Waals surface area (Å²) in [4.78, 5) is 22.4. The quantitative estimate of drug-likeness (QED) is 0.553. The summed E-state index contributed by atoms with van der Waals surface area (Å²) in [6.07, 6.45) is -0.155. The maximum absolute atomic E-state index is 13.4. The van der Waals surface area contributed by atoms with Crippen molar-refractivity contribution in [1.29, 1.82) is 0 Å². The number of aliphatic carboxylic acids is 1. The molecule has 0 heterocycles. The van der Waals surface area contributed by atoms with Crippen molar-refractivity contribution in [2.24, 2.45) is 0 Å². The van der Waals surface area contributed by atoms with Crippen LogP contribution < -0.4 is 11.1 Å². The van der Waals surface area contributed by atoms with Crippen LogP contribution in [0.4, 0.5) is 10.1 Å². The van der Waals surface area contributed by atoms with E-state index in [0.717, 1.165) is 12.1 Å². The first kappa shape index (κ1) is 13.9. The molecule has 0 bridgehead atoms. The van der Waals surface area contributed by atoms with Crippen LogP contribution in [0.1, 0.15) is 16.8 Å². The van der Waals surface area contributed by atoms with Crippen molar-refractivity contribution < 1.29 is 24.2 Å². The van der Waals surface area contributed by atoms with Gasteiger partial charge in [-0.1, -0.05) is 0 Å². The van der Waals surface area contributed by atoms with Crippen LogP contribution in [0.3, 0.4) is 0 Å². The summed E-state index contributed by atoms with van der Waals surface area (Å²) in [7, 11) is 0. The van der Waals surface area contributed by atoms with Gasteiger partial charge in [0.25, 0.3) is 5.91 Å². The van der Waals surface area contributed by atoms with Gasteiger partial charge in [0.05, 0.1) is 5.56 Å². The number of hydrogen-bond acceptors (Lipinski definition) is 4. The van der Waals surface area contributed by atoms with E-state index in [1.165, 1.54) is 6.07 Å². The maximum Gasteiger partial charge on any atom is 0.326 e. The summed E-state index contributed by atoms with van der Waals surface area (Å²) in [5, 5.41) is 19.5. The molecule has 7 heteroatoms. The number of aliphatic hydroxyl groups is 1. The lowest BCUT2D eigenvalue weighted by Gasteiger charge is -2.13. The van der Waals surface area contributed by atoms with Gasteiger partial charge >= 0.3 is 5.97 Å². The van der Waals surface area contributed by atoms with Crippen molar-refractivity contribution in [3.8, 4) is 0 Å². The number of carbonyl (C=O) groups excluding carboxylic acids is 1. The minimum Gasteiger partial charge on any atom is -0.480 e. The van der Waals surface area contributed by atoms with Gasteiger partial charge in [-0.25, -0.2) is 9.18 Å². The van der Waals surface area contributed by atoms with Crippen LogP contribution in [0.2, 0.25) is 0 Å². The molecule has 0 spiro atoms. The van der Waals surface area contributed by atoms with E-state index >= 15 is 0 Å². The van der Waals surface area contributed by atoms with E-state index in [4.69, 9.17) is 15.9 Å². The summed E-state index contributed by atoms with van der Waals surface area (Å²) in [5.41, 5.74) is 5.19. The molecule has 1 aromatic rings. The molecule has 0 fully saturated rings. The molecule has 0 radical (unpaired) electrons. The topological polar surface area (TPSA) is 113 Å². The number of carbonyl (C=O) groups is 2. The third-order valence-electron chi connectivity index (χ3n) is 2.26. The highest BCUT2D eigenvalue weighted by molar-refractivity contribution is 5.97. The second kappa shape index (κ2) is 5.97. The van der Waals surface area contributed by atoms with Crippen molar-refractivity contribution in [3.05, 3.63) is 29.6 Å². The van der Waals surface area contributed by atoms with Crippen molar-refractivity contribution in [2.45, 2.75) is 12.5 Å². The maximum atomic E-state index is 13.4. The fourth-order valence-electron chi connectivity index (χ4n) is 1.34. The van der Waals surface area contributed by atoms with Crippen molar-refractivity contribution >= 4 is 17.6 Å². The number of rotatable bonds is 5. The minimum absolute atomic E-state index is 0.155. The Hall–Kier alpha value is -2.15. The van der Waals surface area contributed by atoms with Gasteiger partial charge in [-0.3, -0.25) is 4.79 Å². The zero-order chi connectivity index (χ0) is 13.7.